The van der Waals surface area contributed by atoms with Crippen LogP contribution in [0.1, 0.15) is 25.0 Å². The Morgan fingerprint density at radius 2 is 0.967 bits per heavy atom. The monoisotopic (exact) mass is 1060 g/mol. The van der Waals surface area contributed by atoms with Gasteiger partial charge >= 0.3 is 0 Å². The Kier molecular flexibility index (Phi) is 20.2. The summed E-state index contributed by atoms with van der Waals surface area (Å²) in [4.78, 5) is 0. The third-order valence-electron chi connectivity index (χ3n) is 4.46. The molecule has 2 rings (SSSR count). The van der Waals surface area contributed by atoms with Crippen LogP contribution < -0.4 is 9.47 Å². The summed E-state index contributed by atoms with van der Waals surface area (Å²) in [5.74, 6) is 1.27. The number of aliphatic hydroxyl groups excluding tert-OH is 4. The zero-order valence-electron chi connectivity index (χ0n) is 17.4. The second-order valence-electron chi connectivity index (χ2n) is 6.97. The number of aliphatic hydroxyl groups is 4. The maximum Gasteiger partial charge on any atom is 0.119 e. The molecule has 0 amide bonds. The predicted octanol–water partition coefficient (Wildman–Crippen LogP) is 1.48. The zero-order valence-corrected chi connectivity index (χ0v) is 31.7. The summed E-state index contributed by atoms with van der Waals surface area (Å²) >= 11 is 0. The van der Waals surface area contributed by atoms with Crippen LogP contribution in [0.25, 0.3) is 0 Å². The molecule has 0 fully saturated rings. The number of ether oxygens (including phenoxy) is 2. The van der Waals surface area contributed by atoms with E-state index in [1.807, 2.05) is 48.5 Å². The standard InChI is InChI=1S/C21H28O6.3Ac/c1-21(2,15-3-7-19(8-4-15)26-13-17(24)11-22)16-5-9-20(10-6-16)27-14-18(25)12-23;;;/h3-10,17-18,22-25H,11-14H2,1-2H3;;;. The maximum atomic E-state index is 9.35. The van der Waals surface area contributed by atoms with Gasteiger partial charge in [-0.1, -0.05) is 38.1 Å². The molecule has 0 saturated heterocycles. The molecule has 3 radical (unpaired) electrons. The van der Waals surface area contributed by atoms with Gasteiger partial charge < -0.3 is 29.9 Å². The van der Waals surface area contributed by atoms with Crippen LogP contribution in [0, 0.1) is 132 Å². The summed E-state index contributed by atoms with van der Waals surface area (Å²) in [5.41, 5.74) is 1.95. The Morgan fingerprint density at radius 3 is 1.23 bits per heavy atom. The van der Waals surface area contributed by atoms with Crippen LogP contribution in [0.15, 0.2) is 48.5 Å². The minimum absolute atomic E-state index is 0. The van der Waals surface area contributed by atoms with Crippen LogP contribution in [-0.4, -0.2) is 59.1 Å². The van der Waals surface area contributed by atoms with Crippen LogP contribution in [0.3, 0.4) is 0 Å². The molecule has 0 heterocycles. The average molecular weight is 1060 g/mol. The molecule has 0 aliphatic heterocycles. The minimum atomic E-state index is -0.889. The Morgan fingerprint density at radius 1 is 0.667 bits per heavy atom. The van der Waals surface area contributed by atoms with Gasteiger partial charge in [0.1, 0.15) is 36.9 Å². The number of hydrogen-bond donors (Lipinski definition) is 4. The van der Waals surface area contributed by atoms with Gasteiger partial charge in [0.15, 0.2) is 0 Å². The van der Waals surface area contributed by atoms with Crippen molar-refractivity contribution in [3.05, 3.63) is 59.7 Å². The van der Waals surface area contributed by atoms with Crippen LogP contribution in [0.4, 0.5) is 0 Å². The molecule has 0 spiro atoms. The molecule has 0 aliphatic carbocycles. The smallest absolute Gasteiger partial charge is 0.119 e. The van der Waals surface area contributed by atoms with Crippen molar-refractivity contribution in [1.82, 2.24) is 0 Å². The van der Waals surface area contributed by atoms with Gasteiger partial charge in [-0.2, -0.15) is 0 Å². The van der Waals surface area contributed by atoms with Crippen molar-refractivity contribution in [3.8, 4) is 11.5 Å². The van der Waals surface area contributed by atoms with E-state index >= 15 is 0 Å². The number of benzene rings is 2. The van der Waals surface area contributed by atoms with Crippen LogP contribution in [0.2, 0.25) is 0 Å². The summed E-state index contributed by atoms with van der Waals surface area (Å²) in [6, 6.07) is 15.3. The summed E-state index contributed by atoms with van der Waals surface area (Å²) < 4.78 is 10.9. The first-order valence-corrected chi connectivity index (χ1v) is 8.91. The predicted molar refractivity (Wildman–Crippen MR) is 102 cm³/mol. The van der Waals surface area contributed by atoms with Gasteiger partial charge in [0.2, 0.25) is 0 Å². The van der Waals surface area contributed by atoms with Crippen LogP contribution in [-0.2, 0) is 5.41 Å². The van der Waals surface area contributed by atoms with Gasteiger partial charge in [0, 0.05) is 138 Å². The summed E-state index contributed by atoms with van der Waals surface area (Å²) in [6.45, 7) is 3.67. The van der Waals surface area contributed by atoms with Crippen LogP contribution >= 0.6 is 0 Å². The third kappa shape index (κ3) is 11.1. The van der Waals surface area contributed by atoms with Gasteiger partial charge in [-0.15, -0.1) is 0 Å². The normalized spacial score (nSPS) is 12.5. The van der Waals surface area contributed by atoms with E-state index in [4.69, 9.17) is 19.7 Å². The van der Waals surface area contributed by atoms with Crippen molar-refractivity contribution >= 4 is 0 Å². The molecular formula is C21H28Ac3O6. The van der Waals surface area contributed by atoms with E-state index in [9.17, 15) is 10.2 Å². The quantitative estimate of drug-likeness (QED) is 0.289. The molecule has 30 heavy (non-hydrogen) atoms. The molecule has 157 valence electrons. The topological polar surface area (TPSA) is 99.4 Å². The molecule has 9 heteroatoms. The molecule has 2 atom stereocenters. The van der Waals surface area contributed by atoms with E-state index in [0.29, 0.717) is 11.5 Å². The van der Waals surface area contributed by atoms with E-state index in [1.54, 1.807) is 0 Å². The second kappa shape index (κ2) is 17.6. The summed E-state index contributed by atoms with van der Waals surface area (Å²) in [6.07, 6.45) is -1.78. The Bertz CT molecular complexity index is 635. The summed E-state index contributed by atoms with van der Waals surface area (Å²) in [7, 11) is 0. The average Bonchev–Trinajstić information content (AvgIpc) is 2.70. The maximum absolute atomic E-state index is 9.35. The molecule has 0 aliphatic rings. The van der Waals surface area contributed by atoms with Crippen molar-refractivity contribution < 1.29 is 162 Å². The fourth-order valence-corrected chi connectivity index (χ4v) is 2.59. The molecule has 0 bridgehead atoms. The van der Waals surface area contributed by atoms with Gasteiger partial charge in [-0.3, -0.25) is 0 Å². The number of rotatable bonds is 10. The van der Waals surface area contributed by atoms with Gasteiger partial charge in [0.25, 0.3) is 0 Å². The molecule has 0 aromatic heterocycles. The Labute approximate surface area is 285 Å². The van der Waals surface area contributed by atoms with Crippen LogP contribution in [0.5, 0.6) is 11.5 Å². The van der Waals surface area contributed by atoms with Crippen molar-refractivity contribution in [1.29, 1.82) is 0 Å². The first-order valence-electron chi connectivity index (χ1n) is 8.91. The molecular weight excluding hydrogens is 1030 g/mol. The zero-order chi connectivity index (χ0) is 19.9. The van der Waals surface area contributed by atoms with E-state index in [0.717, 1.165) is 11.1 Å². The van der Waals surface area contributed by atoms with Gasteiger partial charge in [-0.05, 0) is 35.4 Å². The third-order valence-corrected chi connectivity index (χ3v) is 4.46. The largest absolute Gasteiger partial charge is 0.491 e. The van der Waals surface area contributed by atoms with Crippen molar-refractivity contribution in [2.75, 3.05) is 26.4 Å². The molecule has 2 unspecified atom stereocenters. The first-order chi connectivity index (χ1) is 12.9. The minimum Gasteiger partial charge on any atom is -0.491 e. The van der Waals surface area contributed by atoms with Crippen molar-refractivity contribution in [2.24, 2.45) is 0 Å². The van der Waals surface area contributed by atoms with E-state index < -0.39 is 12.2 Å². The van der Waals surface area contributed by atoms with Gasteiger partial charge in [0.05, 0.1) is 13.2 Å². The molecule has 0 saturated carbocycles. The molecule has 4 N–H and O–H groups in total. The molecule has 6 nitrogen and oxygen atoms in total. The molecule has 2 aromatic rings. The number of hydrogen-bond acceptors (Lipinski definition) is 6. The fraction of sp³-hybridized carbons (Fsp3) is 0.429. The van der Waals surface area contributed by atoms with E-state index in [1.165, 1.54) is 0 Å². The first kappa shape index (κ1) is 34.4. The van der Waals surface area contributed by atoms with Crippen molar-refractivity contribution in [2.45, 2.75) is 31.5 Å². The Hall–Kier alpha value is 2.20. The SMILES string of the molecule is CC(C)(c1ccc(OCC(O)CO)cc1)c1ccc(OCC(O)CO)cc1.[Ac].[Ac].[Ac]. The fourth-order valence-electron chi connectivity index (χ4n) is 2.59. The second-order valence-corrected chi connectivity index (χ2v) is 6.97. The van der Waals surface area contributed by atoms with Crippen molar-refractivity contribution in [3.63, 3.8) is 0 Å². The summed E-state index contributed by atoms with van der Waals surface area (Å²) in [5, 5.41) is 36.3. The molecule has 2 aromatic carbocycles. The Balaban J connectivity index is 0. The van der Waals surface area contributed by atoms with Gasteiger partial charge in [-0.25, -0.2) is 0 Å². The van der Waals surface area contributed by atoms with E-state index in [-0.39, 0.29) is 164 Å². The van der Waals surface area contributed by atoms with E-state index in [2.05, 4.69) is 13.8 Å².